The molecule has 0 aromatic carbocycles. The van der Waals surface area contributed by atoms with Gasteiger partial charge in [-0.2, -0.15) is 0 Å². The van der Waals surface area contributed by atoms with Crippen molar-refractivity contribution in [3.63, 3.8) is 0 Å². The highest BCUT2D eigenvalue weighted by atomic mass is 16.5. The highest BCUT2D eigenvalue weighted by Crippen LogP contribution is 2.32. The molecule has 1 saturated carbocycles. The molecule has 0 bridgehead atoms. The van der Waals surface area contributed by atoms with Crippen LogP contribution in [0.3, 0.4) is 0 Å². The summed E-state index contributed by atoms with van der Waals surface area (Å²) in [4.78, 5) is 35.4. The lowest BCUT2D eigenvalue weighted by molar-refractivity contribution is -0.145. The number of carbonyl (C=O) groups is 3. The SMILES string of the molecule is COC(=O)C(C)CN(C)C(=O)NC(C(=O)O)C1CC1. The van der Waals surface area contributed by atoms with Crippen LogP contribution in [0.15, 0.2) is 0 Å². The van der Waals surface area contributed by atoms with Gasteiger partial charge in [-0.05, 0) is 18.8 Å². The minimum atomic E-state index is -1.02. The number of hydrogen-bond acceptors (Lipinski definition) is 4. The van der Waals surface area contributed by atoms with Gasteiger partial charge in [-0.3, -0.25) is 4.79 Å². The van der Waals surface area contributed by atoms with Gasteiger partial charge in [-0.15, -0.1) is 0 Å². The van der Waals surface area contributed by atoms with Crippen LogP contribution < -0.4 is 5.32 Å². The number of amides is 2. The first-order valence-corrected chi connectivity index (χ1v) is 6.19. The molecule has 0 spiro atoms. The normalized spacial score (nSPS) is 17.2. The van der Waals surface area contributed by atoms with Crippen LogP contribution in [0.25, 0.3) is 0 Å². The number of nitrogens with zero attached hydrogens (tertiary/aromatic N) is 1. The third-order valence-electron chi connectivity index (χ3n) is 3.14. The van der Waals surface area contributed by atoms with Crippen LogP contribution in [0, 0.1) is 11.8 Å². The number of hydrogen-bond donors (Lipinski definition) is 2. The molecule has 1 aliphatic rings. The quantitative estimate of drug-likeness (QED) is 0.678. The first-order valence-electron chi connectivity index (χ1n) is 6.19. The van der Waals surface area contributed by atoms with E-state index in [2.05, 4.69) is 10.1 Å². The highest BCUT2D eigenvalue weighted by molar-refractivity contribution is 5.83. The van der Waals surface area contributed by atoms with Gasteiger partial charge in [0.05, 0.1) is 13.0 Å². The maximum Gasteiger partial charge on any atom is 0.326 e. The maximum absolute atomic E-state index is 11.8. The lowest BCUT2D eigenvalue weighted by atomic mass is 10.1. The molecule has 7 nitrogen and oxygen atoms in total. The predicted octanol–water partition coefficient (Wildman–Crippen LogP) is 0.300. The lowest BCUT2D eigenvalue weighted by Crippen LogP contribution is -2.49. The summed E-state index contributed by atoms with van der Waals surface area (Å²) < 4.78 is 4.57. The molecule has 2 atom stereocenters. The Labute approximate surface area is 111 Å². The third-order valence-corrected chi connectivity index (χ3v) is 3.14. The van der Waals surface area contributed by atoms with Gasteiger partial charge in [-0.25, -0.2) is 9.59 Å². The fourth-order valence-corrected chi connectivity index (χ4v) is 1.82. The van der Waals surface area contributed by atoms with E-state index in [-0.39, 0.29) is 12.5 Å². The van der Waals surface area contributed by atoms with E-state index in [1.54, 1.807) is 6.92 Å². The van der Waals surface area contributed by atoms with E-state index in [1.165, 1.54) is 19.1 Å². The van der Waals surface area contributed by atoms with Crippen LogP contribution in [0.2, 0.25) is 0 Å². The van der Waals surface area contributed by atoms with E-state index < -0.39 is 29.9 Å². The Morgan fingerprint density at radius 1 is 1.42 bits per heavy atom. The molecular weight excluding hydrogens is 252 g/mol. The molecule has 1 aliphatic carbocycles. The third kappa shape index (κ3) is 4.42. The summed E-state index contributed by atoms with van der Waals surface area (Å²) in [7, 11) is 2.80. The van der Waals surface area contributed by atoms with Gasteiger partial charge in [0.1, 0.15) is 6.04 Å². The smallest absolute Gasteiger partial charge is 0.326 e. The number of rotatable bonds is 6. The molecule has 19 heavy (non-hydrogen) atoms. The molecule has 108 valence electrons. The van der Waals surface area contributed by atoms with Crippen molar-refractivity contribution < 1.29 is 24.2 Å². The van der Waals surface area contributed by atoms with Crippen molar-refractivity contribution in [2.75, 3.05) is 20.7 Å². The van der Waals surface area contributed by atoms with Crippen molar-refractivity contribution >= 4 is 18.0 Å². The minimum Gasteiger partial charge on any atom is -0.480 e. The number of esters is 1. The van der Waals surface area contributed by atoms with Crippen LogP contribution in [0.4, 0.5) is 4.79 Å². The zero-order valence-electron chi connectivity index (χ0n) is 11.4. The van der Waals surface area contributed by atoms with E-state index in [0.717, 1.165) is 12.8 Å². The lowest BCUT2D eigenvalue weighted by Gasteiger charge is -2.23. The van der Waals surface area contributed by atoms with Gasteiger partial charge < -0.3 is 20.1 Å². The average Bonchev–Trinajstić information content (AvgIpc) is 3.17. The van der Waals surface area contributed by atoms with Gasteiger partial charge in [0.2, 0.25) is 0 Å². The van der Waals surface area contributed by atoms with Gasteiger partial charge in [-0.1, -0.05) is 6.92 Å². The van der Waals surface area contributed by atoms with Crippen molar-refractivity contribution in [1.82, 2.24) is 10.2 Å². The Hall–Kier alpha value is -1.79. The van der Waals surface area contributed by atoms with Gasteiger partial charge in [0, 0.05) is 13.6 Å². The predicted molar refractivity (Wildman–Crippen MR) is 66.5 cm³/mol. The summed E-state index contributed by atoms with van der Waals surface area (Å²) in [6.07, 6.45) is 1.64. The molecule has 1 fully saturated rings. The number of carbonyl (C=O) groups excluding carboxylic acids is 2. The zero-order chi connectivity index (χ0) is 14.6. The Morgan fingerprint density at radius 3 is 2.42 bits per heavy atom. The van der Waals surface area contributed by atoms with Crippen LogP contribution in [0.5, 0.6) is 0 Å². The number of aliphatic carboxylic acids is 1. The van der Waals surface area contributed by atoms with Gasteiger partial charge in [0.15, 0.2) is 0 Å². The van der Waals surface area contributed by atoms with Gasteiger partial charge >= 0.3 is 18.0 Å². The van der Waals surface area contributed by atoms with Crippen molar-refractivity contribution in [3.8, 4) is 0 Å². The van der Waals surface area contributed by atoms with Gasteiger partial charge in [0.25, 0.3) is 0 Å². The fourth-order valence-electron chi connectivity index (χ4n) is 1.82. The molecule has 2 N–H and O–H groups in total. The molecule has 2 unspecified atom stereocenters. The fraction of sp³-hybridized carbons (Fsp3) is 0.750. The van der Waals surface area contributed by atoms with Crippen LogP contribution >= 0.6 is 0 Å². The van der Waals surface area contributed by atoms with Crippen LogP contribution in [-0.2, 0) is 14.3 Å². The van der Waals surface area contributed by atoms with E-state index in [1.807, 2.05) is 0 Å². The Morgan fingerprint density at radius 2 is 2.00 bits per heavy atom. The zero-order valence-corrected chi connectivity index (χ0v) is 11.4. The number of carboxylic acids is 1. The monoisotopic (exact) mass is 272 g/mol. The standard InChI is InChI=1S/C12H20N2O5/c1-7(11(17)19-3)6-14(2)12(18)13-9(10(15)16)8-4-5-8/h7-9H,4-6H2,1-3H3,(H,13,18)(H,15,16). The molecule has 0 heterocycles. The summed E-state index contributed by atoms with van der Waals surface area (Å²) in [5, 5.41) is 11.5. The molecule has 0 aliphatic heterocycles. The molecular formula is C12H20N2O5. The topological polar surface area (TPSA) is 95.9 Å². The number of urea groups is 1. The number of carboxylic acid groups (broad SMARTS) is 1. The molecule has 0 aromatic rings. The summed E-state index contributed by atoms with van der Waals surface area (Å²) >= 11 is 0. The Kier molecular flexibility index (Phi) is 5.14. The number of nitrogens with one attached hydrogen (secondary N) is 1. The summed E-state index contributed by atoms with van der Waals surface area (Å²) in [5.74, 6) is -1.86. The Balaban J connectivity index is 2.47. The second-order valence-electron chi connectivity index (χ2n) is 4.91. The number of ether oxygens (including phenoxy) is 1. The molecule has 0 saturated heterocycles. The second-order valence-corrected chi connectivity index (χ2v) is 4.91. The van der Waals surface area contributed by atoms with Crippen molar-refractivity contribution in [2.24, 2.45) is 11.8 Å². The van der Waals surface area contributed by atoms with E-state index >= 15 is 0 Å². The van der Waals surface area contributed by atoms with E-state index in [4.69, 9.17) is 5.11 Å². The van der Waals surface area contributed by atoms with Crippen molar-refractivity contribution in [3.05, 3.63) is 0 Å². The second kappa shape index (κ2) is 6.40. The highest BCUT2D eigenvalue weighted by Gasteiger charge is 2.37. The first-order chi connectivity index (χ1) is 8.86. The average molecular weight is 272 g/mol. The summed E-state index contributed by atoms with van der Waals surface area (Å²) in [6.45, 7) is 1.82. The molecule has 7 heteroatoms. The molecule has 0 radical (unpaired) electrons. The summed E-state index contributed by atoms with van der Waals surface area (Å²) in [5.41, 5.74) is 0. The largest absolute Gasteiger partial charge is 0.480 e. The van der Waals surface area contributed by atoms with Crippen LogP contribution in [0.1, 0.15) is 19.8 Å². The minimum absolute atomic E-state index is 0.0212. The molecule has 2 amide bonds. The maximum atomic E-state index is 11.8. The van der Waals surface area contributed by atoms with E-state index in [9.17, 15) is 14.4 Å². The van der Waals surface area contributed by atoms with Crippen LogP contribution in [-0.4, -0.2) is 54.7 Å². The Bertz CT molecular complexity index is 367. The number of methoxy groups -OCH3 is 1. The van der Waals surface area contributed by atoms with E-state index in [0.29, 0.717) is 0 Å². The molecule has 0 aromatic heterocycles. The van der Waals surface area contributed by atoms with Crippen molar-refractivity contribution in [1.29, 1.82) is 0 Å². The first kappa shape index (κ1) is 15.3. The molecule has 1 rings (SSSR count). The van der Waals surface area contributed by atoms with Crippen molar-refractivity contribution in [2.45, 2.75) is 25.8 Å². The summed E-state index contributed by atoms with van der Waals surface area (Å²) in [6, 6.07) is -1.33.